The van der Waals surface area contributed by atoms with Crippen molar-refractivity contribution in [2.75, 3.05) is 31.2 Å². The summed E-state index contributed by atoms with van der Waals surface area (Å²) in [6.07, 6.45) is 2.93. The largest absolute Gasteiger partial charge is 0.460 e. The SMILES string of the molecule is C[C@H]1C[C@H]1c1ccc(/C=N\NC(=O)Cc2csc(N3CCOCC3)n2)o1. The first-order valence-electron chi connectivity index (χ1n) is 8.88. The molecule has 3 heterocycles. The Kier molecular flexibility index (Phi) is 5.03. The molecular formula is C18H22N4O3S. The zero-order valence-electron chi connectivity index (χ0n) is 14.7. The van der Waals surface area contributed by atoms with Crippen LogP contribution < -0.4 is 10.3 Å². The Labute approximate surface area is 156 Å². The zero-order valence-corrected chi connectivity index (χ0v) is 15.5. The first-order chi connectivity index (χ1) is 12.7. The van der Waals surface area contributed by atoms with Crippen molar-refractivity contribution in [2.45, 2.75) is 25.7 Å². The molecule has 2 aromatic heterocycles. The number of rotatable bonds is 6. The molecule has 7 nitrogen and oxygen atoms in total. The third-order valence-electron chi connectivity index (χ3n) is 4.67. The van der Waals surface area contributed by atoms with E-state index in [9.17, 15) is 4.79 Å². The van der Waals surface area contributed by atoms with Gasteiger partial charge in [0, 0.05) is 24.4 Å². The lowest BCUT2D eigenvalue weighted by Gasteiger charge is -2.26. The minimum Gasteiger partial charge on any atom is -0.460 e. The van der Waals surface area contributed by atoms with Crippen LogP contribution in [0.1, 0.15) is 36.5 Å². The lowest BCUT2D eigenvalue weighted by Crippen LogP contribution is -2.36. The van der Waals surface area contributed by atoms with E-state index in [-0.39, 0.29) is 12.3 Å². The number of hydrogen-bond acceptors (Lipinski definition) is 7. The van der Waals surface area contributed by atoms with Gasteiger partial charge in [-0.2, -0.15) is 5.10 Å². The average Bonchev–Trinajstić information content (AvgIpc) is 3.03. The lowest BCUT2D eigenvalue weighted by molar-refractivity contribution is -0.120. The normalized spacial score (nSPS) is 22.7. The average molecular weight is 374 g/mol. The summed E-state index contributed by atoms with van der Waals surface area (Å²) in [4.78, 5) is 18.7. The molecular weight excluding hydrogens is 352 g/mol. The van der Waals surface area contributed by atoms with Crippen LogP contribution in [-0.2, 0) is 16.0 Å². The monoisotopic (exact) mass is 374 g/mol. The van der Waals surface area contributed by atoms with Crippen LogP contribution in [0.4, 0.5) is 5.13 Å². The fourth-order valence-electron chi connectivity index (χ4n) is 3.00. The predicted molar refractivity (Wildman–Crippen MR) is 99.8 cm³/mol. The molecule has 2 fully saturated rings. The zero-order chi connectivity index (χ0) is 17.9. The van der Waals surface area contributed by atoms with Crippen molar-refractivity contribution in [2.24, 2.45) is 11.0 Å². The molecule has 2 aromatic rings. The third-order valence-corrected chi connectivity index (χ3v) is 5.62. The third kappa shape index (κ3) is 4.13. The van der Waals surface area contributed by atoms with Gasteiger partial charge in [0.15, 0.2) is 5.13 Å². The molecule has 1 amide bonds. The van der Waals surface area contributed by atoms with Crippen LogP contribution in [0.2, 0.25) is 0 Å². The van der Waals surface area contributed by atoms with Gasteiger partial charge in [0.2, 0.25) is 5.91 Å². The van der Waals surface area contributed by atoms with Crippen LogP contribution in [0.15, 0.2) is 27.0 Å². The van der Waals surface area contributed by atoms with Crippen molar-refractivity contribution in [3.8, 4) is 0 Å². The first kappa shape index (κ1) is 17.2. The summed E-state index contributed by atoms with van der Waals surface area (Å²) in [6.45, 7) is 5.34. The molecule has 8 heteroatoms. The van der Waals surface area contributed by atoms with Crippen LogP contribution >= 0.6 is 11.3 Å². The summed E-state index contributed by atoms with van der Waals surface area (Å²) >= 11 is 1.56. The molecule has 138 valence electrons. The number of carbonyl (C=O) groups is 1. The number of hydrazone groups is 1. The van der Waals surface area contributed by atoms with Crippen LogP contribution in [0.3, 0.4) is 0 Å². The molecule has 4 rings (SSSR count). The molecule has 1 saturated carbocycles. The van der Waals surface area contributed by atoms with Crippen LogP contribution in [0.5, 0.6) is 0 Å². The Balaban J connectivity index is 1.26. The molecule has 26 heavy (non-hydrogen) atoms. The smallest absolute Gasteiger partial charge is 0.246 e. The van der Waals surface area contributed by atoms with E-state index in [1.165, 1.54) is 12.6 Å². The van der Waals surface area contributed by atoms with E-state index < -0.39 is 0 Å². The van der Waals surface area contributed by atoms with Gasteiger partial charge in [-0.3, -0.25) is 4.79 Å². The number of nitrogens with zero attached hydrogens (tertiary/aromatic N) is 3. The fourth-order valence-corrected chi connectivity index (χ4v) is 3.88. The summed E-state index contributed by atoms with van der Waals surface area (Å²) in [6, 6.07) is 3.87. The van der Waals surface area contributed by atoms with Gasteiger partial charge in [0.05, 0.1) is 31.5 Å². The minimum atomic E-state index is -0.192. The van der Waals surface area contributed by atoms with Gasteiger partial charge in [0.1, 0.15) is 11.5 Å². The molecule has 0 bridgehead atoms. The van der Waals surface area contributed by atoms with Crippen LogP contribution in [0, 0.1) is 5.92 Å². The van der Waals surface area contributed by atoms with E-state index >= 15 is 0 Å². The van der Waals surface area contributed by atoms with Crippen molar-refractivity contribution in [1.29, 1.82) is 0 Å². The highest BCUT2D eigenvalue weighted by Crippen LogP contribution is 2.47. The number of thiazole rings is 1. The summed E-state index contributed by atoms with van der Waals surface area (Å²) < 4.78 is 11.1. The number of ether oxygens (including phenoxy) is 1. The molecule has 1 aliphatic heterocycles. The fraction of sp³-hybridized carbons (Fsp3) is 0.500. The number of furan rings is 1. The van der Waals surface area contributed by atoms with Gasteiger partial charge in [-0.1, -0.05) is 6.92 Å². The van der Waals surface area contributed by atoms with Crippen molar-refractivity contribution in [3.63, 3.8) is 0 Å². The summed E-state index contributed by atoms with van der Waals surface area (Å²) in [7, 11) is 0. The molecule has 0 spiro atoms. The Morgan fingerprint density at radius 3 is 3.04 bits per heavy atom. The Morgan fingerprint density at radius 1 is 1.46 bits per heavy atom. The van der Waals surface area contributed by atoms with Gasteiger partial charge in [-0.25, -0.2) is 10.4 Å². The number of morpholine rings is 1. The lowest BCUT2D eigenvalue weighted by atomic mass is 10.3. The maximum absolute atomic E-state index is 12.0. The number of nitrogens with one attached hydrogen (secondary N) is 1. The maximum atomic E-state index is 12.0. The second-order valence-electron chi connectivity index (χ2n) is 6.75. The van der Waals surface area contributed by atoms with E-state index in [1.807, 2.05) is 17.5 Å². The molecule has 0 unspecified atom stereocenters. The maximum Gasteiger partial charge on any atom is 0.246 e. The number of aromatic nitrogens is 1. The molecule has 0 aromatic carbocycles. The van der Waals surface area contributed by atoms with E-state index in [4.69, 9.17) is 9.15 Å². The topological polar surface area (TPSA) is 80.0 Å². The predicted octanol–water partition coefficient (Wildman–Crippen LogP) is 2.39. The second kappa shape index (κ2) is 7.59. The number of hydrogen-bond donors (Lipinski definition) is 1. The Morgan fingerprint density at radius 2 is 2.27 bits per heavy atom. The quantitative estimate of drug-likeness (QED) is 0.620. The van der Waals surface area contributed by atoms with Gasteiger partial charge < -0.3 is 14.1 Å². The highest BCUT2D eigenvalue weighted by atomic mass is 32.1. The second-order valence-corrected chi connectivity index (χ2v) is 7.59. The summed E-state index contributed by atoms with van der Waals surface area (Å²) in [5.74, 6) is 2.71. The summed E-state index contributed by atoms with van der Waals surface area (Å²) in [5.41, 5.74) is 3.29. The minimum absolute atomic E-state index is 0.192. The molecule has 1 aliphatic carbocycles. The van der Waals surface area contributed by atoms with Gasteiger partial charge in [0.25, 0.3) is 0 Å². The Bertz CT molecular complexity index is 794. The highest BCUT2D eigenvalue weighted by Gasteiger charge is 2.36. The van der Waals surface area contributed by atoms with E-state index in [0.29, 0.717) is 17.6 Å². The number of amides is 1. The van der Waals surface area contributed by atoms with Crippen molar-refractivity contribution >= 4 is 28.6 Å². The Hall–Kier alpha value is -2.19. The van der Waals surface area contributed by atoms with E-state index in [2.05, 4.69) is 27.3 Å². The van der Waals surface area contributed by atoms with Gasteiger partial charge in [-0.15, -0.1) is 11.3 Å². The highest BCUT2D eigenvalue weighted by molar-refractivity contribution is 7.13. The number of anilines is 1. The van der Waals surface area contributed by atoms with Gasteiger partial charge >= 0.3 is 0 Å². The van der Waals surface area contributed by atoms with Gasteiger partial charge in [-0.05, 0) is 24.5 Å². The van der Waals surface area contributed by atoms with Crippen molar-refractivity contribution in [3.05, 3.63) is 34.7 Å². The molecule has 1 saturated heterocycles. The van der Waals surface area contributed by atoms with E-state index in [1.54, 1.807) is 11.3 Å². The molecule has 1 N–H and O–H groups in total. The summed E-state index contributed by atoms with van der Waals surface area (Å²) in [5, 5.41) is 6.84. The molecule has 2 atom stereocenters. The van der Waals surface area contributed by atoms with Crippen LogP contribution in [-0.4, -0.2) is 43.4 Å². The van der Waals surface area contributed by atoms with Crippen molar-refractivity contribution < 1.29 is 13.9 Å². The van der Waals surface area contributed by atoms with E-state index in [0.717, 1.165) is 42.9 Å². The first-order valence-corrected chi connectivity index (χ1v) is 9.76. The standard InChI is InChI=1S/C18H22N4O3S/c1-12-8-15(12)16-3-2-14(25-16)10-19-21-17(23)9-13-11-26-18(20-13)22-4-6-24-7-5-22/h2-3,10-12,15H,4-9H2,1H3,(H,21,23)/b19-10-/t12-,15+/m0/s1. The van der Waals surface area contributed by atoms with Crippen LogP contribution in [0.25, 0.3) is 0 Å². The molecule has 0 radical (unpaired) electrons. The van der Waals surface area contributed by atoms with Crippen molar-refractivity contribution in [1.82, 2.24) is 10.4 Å². The number of carbonyl (C=O) groups excluding carboxylic acids is 1. The molecule has 2 aliphatic rings.